The van der Waals surface area contributed by atoms with E-state index >= 15 is 0 Å². The van der Waals surface area contributed by atoms with Crippen molar-refractivity contribution in [1.82, 2.24) is 25.4 Å². The lowest BCUT2D eigenvalue weighted by Crippen LogP contribution is -2.34. The third-order valence-electron chi connectivity index (χ3n) is 3.94. The number of carbonyl (C=O) groups is 1. The van der Waals surface area contributed by atoms with Gasteiger partial charge in [0, 0.05) is 32.3 Å². The van der Waals surface area contributed by atoms with Gasteiger partial charge in [-0.1, -0.05) is 0 Å². The zero-order chi connectivity index (χ0) is 15.5. The van der Waals surface area contributed by atoms with Gasteiger partial charge in [0.05, 0.1) is 30.6 Å². The quantitative estimate of drug-likeness (QED) is 0.847. The number of aryl methyl sites for hydroxylation is 1. The second-order valence-electron chi connectivity index (χ2n) is 5.50. The molecule has 0 bridgehead atoms. The number of carbonyl (C=O) groups excluding carboxylic acids is 1. The molecule has 0 aromatic carbocycles. The number of amides is 1. The minimum Gasteiger partial charge on any atom is -0.350 e. The molecule has 3 heterocycles. The Morgan fingerprint density at radius 3 is 2.79 bits per heavy atom. The smallest absolute Gasteiger partial charge is 0.225 e. The van der Waals surface area contributed by atoms with E-state index in [-0.39, 0.29) is 48.4 Å². The van der Waals surface area contributed by atoms with Gasteiger partial charge in [-0.25, -0.2) is 4.39 Å². The molecular weight excluding hydrogens is 356 g/mol. The molecule has 132 valence electrons. The van der Waals surface area contributed by atoms with Crippen LogP contribution in [0.25, 0.3) is 0 Å². The number of rotatable bonds is 4. The first-order chi connectivity index (χ1) is 10.6. The first-order valence-corrected chi connectivity index (χ1v) is 7.21. The van der Waals surface area contributed by atoms with Gasteiger partial charge in [-0.3, -0.25) is 14.5 Å². The Kier molecular flexibility index (Phi) is 7.59. The predicted octanol–water partition coefficient (Wildman–Crippen LogP) is 1.42. The Labute approximate surface area is 152 Å². The van der Waals surface area contributed by atoms with Gasteiger partial charge in [0.2, 0.25) is 5.91 Å². The Balaban J connectivity index is 0.00000144. The van der Waals surface area contributed by atoms with Crippen molar-refractivity contribution in [3.63, 3.8) is 0 Å². The summed E-state index contributed by atoms with van der Waals surface area (Å²) in [6.45, 7) is 1.70. The van der Waals surface area contributed by atoms with E-state index in [0.29, 0.717) is 18.8 Å². The van der Waals surface area contributed by atoms with Crippen molar-refractivity contribution in [2.75, 3.05) is 13.1 Å². The lowest BCUT2D eigenvalue weighted by atomic mass is 9.90. The Bertz CT molecular complexity index is 664. The summed E-state index contributed by atoms with van der Waals surface area (Å²) in [5.41, 5.74) is 1.70. The van der Waals surface area contributed by atoms with Gasteiger partial charge in [-0.15, -0.1) is 24.8 Å². The largest absolute Gasteiger partial charge is 0.350 e. The van der Waals surface area contributed by atoms with Crippen LogP contribution in [-0.2, 0) is 18.4 Å². The van der Waals surface area contributed by atoms with Crippen molar-refractivity contribution in [1.29, 1.82) is 0 Å². The molecule has 6 nitrogen and oxygen atoms in total. The van der Waals surface area contributed by atoms with Crippen LogP contribution < -0.4 is 10.6 Å². The zero-order valence-electron chi connectivity index (χ0n) is 13.1. The van der Waals surface area contributed by atoms with Gasteiger partial charge in [-0.05, 0) is 17.7 Å². The van der Waals surface area contributed by atoms with Crippen LogP contribution in [0.3, 0.4) is 0 Å². The van der Waals surface area contributed by atoms with E-state index < -0.39 is 0 Å². The average Bonchev–Trinajstić information content (AvgIpc) is 3.14. The summed E-state index contributed by atoms with van der Waals surface area (Å²) >= 11 is 0. The van der Waals surface area contributed by atoms with Crippen LogP contribution >= 0.6 is 24.8 Å². The third kappa shape index (κ3) is 4.66. The van der Waals surface area contributed by atoms with E-state index in [1.807, 2.05) is 13.2 Å². The molecule has 1 aliphatic rings. The van der Waals surface area contributed by atoms with Gasteiger partial charge in [0.15, 0.2) is 0 Å². The topological polar surface area (TPSA) is 71.8 Å². The zero-order valence-corrected chi connectivity index (χ0v) is 14.7. The maximum absolute atomic E-state index is 12.8. The molecule has 24 heavy (non-hydrogen) atoms. The molecule has 0 unspecified atom stereocenters. The summed E-state index contributed by atoms with van der Waals surface area (Å²) in [5, 5.41) is 10.3. The van der Waals surface area contributed by atoms with E-state index in [2.05, 4.69) is 20.7 Å². The molecule has 3 rings (SSSR count). The van der Waals surface area contributed by atoms with Gasteiger partial charge < -0.3 is 10.6 Å². The molecule has 1 fully saturated rings. The van der Waals surface area contributed by atoms with Gasteiger partial charge in [-0.2, -0.15) is 5.10 Å². The van der Waals surface area contributed by atoms with Gasteiger partial charge in [0.25, 0.3) is 0 Å². The molecule has 2 aromatic rings. The summed E-state index contributed by atoms with van der Waals surface area (Å²) in [5.74, 6) is -0.420. The Morgan fingerprint density at radius 1 is 1.38 bits per heavy atom. The number of hydrogen-bond donors (Lipinski definition) is 2. The van der Waals surface area contributed by atoms with E-state index in [0.717, 1.165) is 18.3 Å². The minimum atomic E-state index is -0.383. The van der Waals surface area contributed by atoms with Crippen molar-refractivity contribution in [2.24, 2.45) is 13.0 Å². The molecule has 1 saturated heterocycles. The predicted molar refractivity (Wildman–Crippen MR) is 92.8 cm³/mol. The highest BCUT2D eigenvalue weighted by Gasteiger charge is 2.34. The maximum Gasteiger partial charge on any atom is 0.225 e. The molecule has 1 aliphatic heterocycles. The SMILES string of the molecule is Cl.Cl.Cn1cc([C@H]2CNC[C@@H]2C(=O)NCc2ccc(F)cn2)cn1. The second kappa shape index (κ2) is 8.96. The normalized spacial score (nSPS) is 19.2. The van der Waals surface area contributed by atoms with E-state index in [4.69, 9.17) is 0 Å². The summed E-state index contributed by atoms with van der Waals surface area (Å²) in [4.78, 5) is 16.3. The first kappa shape index (κ1) is 20.3. The van der Waals surface area contributed by atoms with Crippen molar-refractivity contribution in [2.45, 2.75) is 12.5 Å². The minimum absolute atomic E-state index is 0. The molecule has 0 radical (unpaired) electrons. The number of hydrogen-bond acceptors (Lipinski definition) is 4. The fourth-order valence-electron chi connectivity index (χ4n) is 2.76. The molecule has 1 amide bonds. The van der Waals surface area contributed by atoms with Crippen LogP contribution in [0.15, 0.2) is 30.7 Å². The summed E-state index contributed by atoms with van der Waals surface area (Å²) in [6, 6.07) is 2.91. The van der Waals surface area contributed by atoms with Crippen molar-refractivity contribution >= 4 is 30.7 Å². The summed E-state index contributed by atoms with van der Waals surface area (Å²) < 4.78 is 14.5. The summed E-state index contributed by atoms with van der Waals surface area (Å²) in [7, 11) is 1.86. The molecule has 0 saturated carbocycles. The standard InChI is InChI=1S/C15H18FN5O.2ClH/c1-21-9-10(4-20-21)13-7-17-8-14(13)15(22)19-6-12-3-2-11(16)5-18-12;;/h2-5,9,13-14,17H,6-8H2,1H3,(H,19,22);2*1H/t13-,14+;;/m1../s1. The van der Waals surface area contributed by atoms with Crippen LogP contribution in [0, 0.1) is 11.7 Å². The Morgan fingerprint density at radius 2 is 2.17 bits per heavy atom. The molecule has 0 aliphatic carbocycles. The highest BCUT2D eigenvalue weighted by Crippen LogP contribution is 2.27. The number of pyridine rings is 1. The van der Waals surface area contributed by atoms with Crippen LogP contribution in [0.4, 0.5) is 4.39 Å². The molecule has 2 N–H and O–H groups in total. The molecule has 0 spiro atoms. The van der Waals surface area contributed by atoms with E-state index in [9.17, 15) is 9.18 Å². The van der Waals surface area contributed by atoms with E-state index in [1.165, 1.54) is 6.07 Å². The van der Waals surface area contributed by atoms with E-state index in [1.54, 1.807) is 16.9 Å². The fraction of sp³-hybridized carbons (Fsp3) is 0.400. The lowest BCUT2D eigenvalue weighted by Gasteiger charge is -2.16. The van der Waals surface area contributed by atoms with Crippen LogP contribution in [0.1, 0.15) is 17.2 Å². The van der Waals surface area contributed by atoms with Gasteiger partial charge in [0.1, 0.15) is 5.82 Å². The van der Waals surface area contributed by atoms with Crippen molar-refractivity contribution in [3.05, 3.63) is 47.8 Å². The monoisotopic (exact) mass is 375 g/mol. The number of nitrogens with zero attached hydrogens (tertiary/aromatic N) is 3. The number of nitrogens with one attached hydrogen (secondary N) is 2. The highest BCUT2D eigenvalue weighted by molar-refractivity contribution is 5.85. The number of halogens is 3. The molecule has 2 atom stereocenters. The lowest BCUT2D eigenvalue weighted by molar-refractivity contribution is -0.125. The molecule has 2 aromatic heterocycles. The number of aromatic nitrogens is 3. The van der Waals surface area contributed by atoms with Crippen molar-refractivity contribution < 1.29 is 9.18 Å². The first-order valence-electron chi connectivity index (χ1n) is 7.21. The summed E-state index contributed by atoms with van der Waals surface area (Å²) in [6.07, 6.45) is 4.90. The van der Waals surface area contributed by atoms with Crippen LogP contribution in [-0.4, -0.2) is 33.8 Å². The van der Waals surface area contributed by atoms with Crippen LogP contribution in [0.5, 0.6) is 0 Å². The molecule has 9 heteroatoms. The van der Waals surface area contributed by atoms with Gasteiger partial charge >= 0.3 is 0 Å². The maximum atomic E-state index is 12.8. The average molecular weight is 376 g/mol. The fourth-order valence-corrected chi connectivity index (χ4v) is 2.76. The third-order valence-corrected chi connectivity index (χ3v) is 3.94. The van der Waals surface area contributed by atoms with Crippen LogP contribution in [0.2, 0.25) is 0 Å². The Hall–Kier alpha value is -1.70. The molecular formula is C15H20Cl2FN5O. The second-order valence-corrected chi connectivity index (χ2v) is 5.50. The van der Waals surface area contributed by atoms with Crippen molar-refractivity contribution in [3.8, 4) is 0 Å². The highest BCUT2D eigenvalue weighted by atomic mass is 35.5.